The monoisotopic (exact) mass is 723 g/mol. The minimum Gasteiger partial charge on any atom is -0.352 e. The number of anilines is 1. The molecule has 0 aliphatic rings. The normalized spacial score (nSPS) is 12.7. The molecule has 2 atom stereocenters. The zero-order chi connectivity index (χ0) is 33.4. The lowest BCUT2D eigenvalue weighted by Crippen LogP contribution is -2.54. The second-order valence-corrected chi connectivity index (χ2v) is 14.6. The van der Waals surface area contributed by atoms with Crippen LogP contribution in [0.4, 0.5) is 5.69 Å². The Labute approximate surface area is 285 Å². The second kappa shape index (κ2) is 15.8. The SMILES string of the molecule is CC[C@@H](C)NC(=O)[C@H](Cc1ccccc1)N(Cc1cccc(Br)c1)C(=O)CN(c1cccc(Cl)c1C)S(=O)(=O)c1ccc(C)cc1. The molecule has 2 amide bonds. The van der Waals surface area contributed by atoms with Gasteiger partial charge in [-0.25, -0.2) is 8.42 Å². The zero-order valence-corrected chi connectivity index (χ0v) is 29.6. The van der Waals surface area contributed by atoms with Crippen molar-refractivity contribution in [3.63, 3.8) is 0 Å². The molecule has 0 aliphatic carbocycles. The van der Waals surface area contributed by atoms with Crippen LogP contribution in [0.3, 0.4) is 0 Å². The lowest BCUT2D eigenvalue weighted by atomic mass is 10.0. The van der Waals surface area contributed by atoms with E-state index in [1.165, 1.54) is 17.0 Å². The van der Waals surface area contributed by atoms with E-state index < -0.39 is 28.5 Å². The molecule has 7 nitrogen and oxygen atoms in total. The molecule has 0 fully saturated rings. The number of aryl methyl sites for hydroxylation is 1. The molecule has 0 aliphatic heterocycles. The van der Waals surface area contributed by atoms with Gasteiger partial charge in [-0.1, -0.05) is 101 Å². The van der Waals surface area contributed by atoms with Gasteiger partial charge in [0.1, 0.15) is 12.6 Å². The van der Waals surface area contributed by atoms with E-state index in [4.69, 9.17) is 11.6 Å². The molecule has 0 bridgehead atoms. The summed E-state index contributed by atoms with van der Waals surface area (Å²) in [5.41, 5.74) is 3.35. The summed E-state index contributed by atoms with van der Waals surface area (Å²) in [4.78, 5) is 30.1. The first-order valence-electron chi connectivity index (χ1n) is 15.1. The predicted octanol–water partition coefficient (Wildman–Crippen LogP) is 7.47. The zero-order valence-electron chi connectivity index (χ0n) is 26.4. The highest BCUT2D eigenvalue weighted by Gasteiger charge is 2.35. The maximum atomic E-state index is 14.6. The van der Waals surface area contributed by atoms with Gasteiger partial charge in [0, 0.05) is 28.5 Å². The fourth-order valence-electron chi connectivity index (χ4n) is 5.04. The van der Waals surface area contributed by atoms with Gasteiger partial charge >= 0.3 is 0 Å². The van der Waals surface area contributed by atoms with Gasteiger partial charge in [0.2, 0.25) is 11.8 Å². The number of hydrogen-bond acceptors (Lipinski definition) is 4. The van der Waals surface area contributed by atoms with Crippen LogP contribution in [0.25, 0.3) is 0 Å². The number of carbonyl (C=O) groups excluding carboxylic acids is 2. The second-order valence-electron chi connectivity index (χ2n) is 11.4. The molecule has 0 saturated carbocycles. The van der Waals surface area contributed by atoms with Crippen molar-refractivity contribution in [1.29, 1.82) is 0 Å². The van der Waals surface area contributed by atoms with E-state index in [1.807, 2.05) is 75.4 Å². The fourth-order valence-corrected chi connectivity index (χ4v) is 7.13. The van der Waals surface area contributed by atoms with Crippen LogP contribution < -0.4 is 9.62 Å². The van der Waals surface area contributed by atoms with Crippen LogP contribution in [-0.4, -0.2) is 43.8 Å². The number of nitrogens with zero attached hydrogens (tertiary/aromatic N) is 2. The Morgan fingerprint density at radius 1 is 0.891 bits per heavy atom. The van der Waals surface area contributed by atoms with Gasteiger partial charge in [-0.2, -0.15) is 0 Å². The number of hydrogen-bond donors (Lipinski definition) is 1. The molecular weight excluding hydrogens is 686 g/mol. The molecule has 0 heterocycles. The third kappa shape index (κ3) is 8.78. The summed E-state index contributed by atoms with van der Waals surface area (Å²) in [6.45, 7) is 7.01. The highest BCUT2D eigenvalue weighted by molar-refractivity contribution is 9.10. The van der Waals surface area contributed by atoms with Gasteiger partial charge in [0.05, 0.1) is 10.6 Å². The van der Waals surface area contributed by atoms with E-state index in [0.717, 1.165) is 25.5 Å². The summed E-state index contributed by atoms with van der Waals surface area (Å²) < 4.78 is 30.5. The largest absolute Gasteiger partial charge is 0.352 e. The van der Waals surface area contributed by atoms with Crippen molar-refractivity contribution in [3.8, 4) is 0 Å². The average Bonchev–Trinajstić information content (AvgIpc) is 3.03. The minimum absolute atomic E-state index is 0.0409. The van der Waals surface area contributed by atoms with Gasteiger partial charge in [0.25, 0.3) is 10.0 Å². The van der Waals surface area contributed by atoms with E-state index in [2.05, 4.69) is 21.2 Å². The summed E-state index contributed by atoms with van der Waals surface area (Å²) in [6, 6.07) is 27.4. The van der Waals surface area contributed by atoms with Crippen molar-refractivity contribution in [1.82, 2.24) is 10.2 Å². The maximum absolute atomic E-state index is 14.6. The summed E-state index contributed by atoms with van der Waals surface area (Å²) in [6.07, 6.45) is 0.948. The smallest absolute Gasteiger partial charge is 0.264 e. The molecule has 10 heteroatoms. The predicted molar refractivity (Wildman–Crippen MR) is 188 cm³/mol. The van der Waals surface area contributed by atoms with Crippen LogP contribution in [0.2, 0.25) is 5.02 Å². The molecule has 0 unspecified atom stereocenters. The molecule has 4 rings (SSSR count). The first kappa shape index (κ1) is 35.2. The van der Waals surface area contributed by atoms with Crippen molar-refractivity contribution in [2.45, 2.75) is 64.1 Å². The Balaban J connectivity index is 1.84. The van der Waals surface area contributed by atoms with E-state index in [9.17, 15) is 18.0 Å². The average molecular weight is 725 g/mol. The van der Waals surface area contributed by atoms with Crippen LogP contribution in [0.1, 0.15) is 42.5 Å². The molecule has 46 heavy (non-hydrogen) atoms. The van der Waals surface area contributed by atoms with Crippen molar-refractivity contribution in [2.75, 3.05) is 10.8 Å². The third-order valence-electron chi connectivity index (χ3n) is 7.91. The summed E-state index contributed by atoms with van der Waals surface area (Å²) in [5, 5.41) is 3.42. The number of benzene rings is 4. The third-order valence-corrected chi connectivity index (χ3v) is 10.6. The number of halogens is 2. The highest BCUT2D eigenvalue weighted by Crippen LogP contribution is 2.31. The first-order chi connectivity index (χ1) is 21.9. The Bertz CT molecular complexity index is 1770. The van der Waals surface area contributed by atoms with Crippen molar-refractivity contribution >= 4 is 55.1 Å². The number of amides is 2. The Hall–Kier alpha value is -3.66. The van der Waals surface area contributed by atoms with Crippen LogP contribution in [-0.2, 0) is 32.6 Å². The van der Waals surface area contributed by atoms with E-state index in [-0.39, 0.29) is 35.5 Å². The molecule has 4 aromatic carbocycles. The lowest BCUT2D eigenvalue weighted by molar-refractivity contribution is -0.140. The summed E-state index contributed by atoms with van der Waals surface area (Å²) >= 11 is 9.98. The molecule has 1 N–H and O–H groups in total. The minimum atomic E-state index is -4.23. The van der Waals surface area contributed by atoms with Gasteiger partial charge in [-0.3, -0.25) is 13.9 Å². The summed E-state index contributed by atoms with van der Waals surface area (Å²) in [7, 11) is -4.23. The number of rotatable bonds is 13. The molecular formula is C36H39BrClN3O4S. The molecule has 0 aromatic heterocycles. The van der Waals surface area contributed by atoms with Crippen LogP contribution in [0.5, 0.6) is 0 Å². The van der Waals surface area contributed by atoms with Crippen LogP contribution in [0.15, 0.2) is 106 Å². The number of carbonyl (C=O) groups is 2. The fraction of sp³-hybridized carbons (Fsp3) is 0.278. The van der Waals surface area contributed by atoms with E-state index in [1.54, 1.807) is 37.3 Å². The Kier molecular flexibility index (Phi) is 12.1. The summed E-state index contributed by atoms with van der Waals surface area (Å²) in [5.74, 6) is -0.844. The van der Waals surface area contributed by atoms with Crippen LogP contribution in [0, 0.1) is 13.8 Å². The number of sulfonamides is 1. The standard InChI is InChI=1S/C36H39BrClN3O4S/c1-5-26(3)39-36(43)34(22-28-11-7-6-8-12-28)40(23-29-13-9-14-30(37)21-29)35(42)24-41(33-16-10-15-32(38)27(33)4)46(44,45)31-19-17-25(2)18-20-31/h6-21,26,34H,5,22-24H2,1-4H3,(H,39,43)/t26-,34+/m1/s1. The van der Waals surface area contributed by atoms with Crippen LogP contribution >= 0.6 is 27.5 Å². The van der Waals surface area contributed by atoms with Crippen molar-refractivity contribution in [3.05, 3.63) is 129 Å². The molecule has 0 radical (unpaired) electrons. The molecule has 4 aromatic rings. The highest BCUT2D eigenvalue weighted by atomic mass is 79.9. The van der Waals surface area contributed by atoms with Gasteiger partial charge in [-0.05, 0) is 80.3 Å². The Morgan fingerprint density at radius 3 is 2.20 bits per heavy atom. The van der Waals surface area contributed by atoms with Gasteiger partial charge in [0.15, 0.2) is 0 Å². The molecule has 242 valence electrons. The first-order valence-corrected chi connectivity index (χ1v) is 17.7. The Morgan fingerprint density at radius 2 is 1.54 bits per heavy atom. The van der Waals surface area contributed by atoms with Gasteiger partial charge < -0.3 is 10.2 Å². The van der Waals surface area contributed by atoms with Gasteiger partial charge in [-0.15, -0.1) is 0 Å². The number of nitrogens with one attached hydrogen (secondary N) is 1. The maximum Gasteiger partial charge on any atom is 0.264 e. The topological polar surface area (TPSA) is 86.8 Å². The van der Waals surface area contributed by atoms with Crippen molar-refractivity contribution in [2.24, 2.45) is 0 Å². The van der Waals surface area contributed by atoms with E-state index >= 15 is 0 Å². The lowest BCUT2D eigenvalue weighted by Gasteiger charge is -2.34. The molecule has 0 spiro atoms. The molecule has 0 saturated heterocycles. The quantitative estimate of drug-likeness (QED) is 0.155. The van der Waals surface area contributed by atoms with Crippen molar-refractivity contribution < 1.29 is 18.0 Å². The van der Waals surface area contributed by atoms with E-state index in [0.29, 0.717) is 17.0 Å².